The third kappa shape index (κ3) is 4.63. The smallest absolute Gasteiger partial charge is 0.344 e. The van der Waals surface area contributed by atoms with E-state index in [2.05, 4.69) is 0 Å². The van der Waals surface area contributed by atoms with Crippen molar-refractivity contribution in [1.29, 1.82) is 0 Å². The topological polar surface area (TPSA) is 61.5 Å². The van der Waals surface area contributed by atoms with Gasteiger partial charge in [-0.2, -0.15) is 0 Å². The predicted molar refractivity (Wildman–Crippen MR) is 57.9 cm³/mol. The van der Waals surface area contributed by atoms with Crippen LogP contribution in [0.4, 0.5) is 10.1 Å². The molecule has 5 heteroatoms. The quantitative estimate of drug-likeness (QED) is 0.455. The average molecular weight is 227 g/mol. The highest BCUT2D eigenvalue weighted by Gasteiger charge is 2.03. The lowest BCUT2D eigenvalue weighted by atomic mass is 10.3. The Balaban J connectivity index is 2.23. The summed E-state index contributed by atoms with van der Waals surface area (Å²) in [6.07, 6.45) is 0.216. The number of halogens is 1. The first kappa shape index (κ1) is 12.3. The molecule has 0 aromatic heterocycles. The fraction of sp³-hybridized carbons (Fsp3) is 0.364. The van der Waals surface area contributed by atoms with Gasteiger partial charge in [-0.05, 0) is 24.3 Å². The maximum absolute atomic E-state index is 11.7. The Hall–Kier alpha value is -1.78. The third-order valence-electron chi connectivity index (χ3n) is 1.78. The van der Waals surface area contributed by atoms with Gasteiger partial charge in [0.2, 0.25) is 0 Å². The molecule has 0 fully saturated rings. The lowest BCUT2D eigenvalue weighted by Gasteiger charge is -2.06. The summed E-state index contributed by atoms with van der Waals surface area (Å²) < 4.78 is 21.5. The van der Waals surface area contributed by atoms with Crippen LogP contribution in [-0.4, -0.2) is 25.9 Å². The molecule has 1 rings (SSSR count). The number of hydrogen-bond donors (Lipinski definition) is 1. The van der Waals surface area contributed by atoms with Crippen molar-refractivity contribution in [3.63, 3.8) is 0 Å². The van der Waals surface area contributed by atoms with Gasteiger partial charge in [-0.1, -0.05) is 0 Å². The number of carbonyl (C=O) groups excluding carboxylic acids is 1. The van der Waals surface area contributed by atoms with E-state index < -0.39 is 12.6 Å². The fourth-order valence-electron chi connectivity index (χ4n) is 0.989. The third-order valence-corrected chi connectivity index (χ3v) is 1.78. The number of nitrogens with two attached hydrogens (primary N) is 1. The van der Waals surface area contributed by atoms with Crippen molar-refractivity contribution in [3.05, 3.63) is 24.3 Å². The van der Waals surface area contributed by atoms with Crippen molar-refractivity contribution >= 4 is 11.7 Å². The number of rotatable bonds is 6. The second-order valence-corrected chi connectivity index (χ2v) is 3.12. The molecule has 2 N–H and O–H groups in total. The normalized spacial score (nSPS) is 9.81. The molecular formula is C11H14FNO3. The zero-order chi connectivity index (χ0) is 11.8. The average Bonchev–Trinajstić information content (AvgIpc) is 2.29. The number of alkyl halides is 1. The molecule has 1 aromatic rings. The minimum absolute atomic E-state index is 0.0838. The lowest BCUT2D eigenvalue weighted by molar-refractivity contribution is -0.146. The lowest BCUT2D eigenvalue weighted by Crippen LogP contribution is -2.15. The molecule has 16 heavy (non-hydrogen) atoms. The summed E-state index contributed by atoms with van der Waals surface area (Å²) in [7, 11) is 0. The van der Waals surface area contributed by atoms with Crippen LogP contribution in [0.1, 0.15) is 6.42 Å². The number of benzene rings is 1. The standard InChI is InChI=1S/C11H14FNO3/c12-6-1-7-15-11(14)8-16-10-4-2-9(13)3-5-10/h2-5H,1,6-8,13H2. The van der Waals surface area contributed by atoms with Gasteiger partial charge in [-0.15, -0.1) is 0 Å². The highest BCUT2D eigenvalue weighted by Crippen LogP contribution is 2.12. The molecule has 0 saturated carbocycles. The molecule has 0 unspecified atom stereocenters. The van der Waals surface area contributed by atoms with Crippen LogP contribution in [0.2, 0.25) is 0 Å². The van der Waals surface area contributed by atoms with Crippen molar-refractivity contribution in [2.75, 3.05) is 25.6 Å². The Bertz CT molecular complexity index is 327. The van der Waals surface area contributed by atoms with E-state index in [1.165, 1.54) is 0 Å². The monoisotopic (exact) mass is 227 g/mol. The minimum atomic E-state index is -0.509. The Morgan fingerprint density at radius 1 is 1.31 bits per heavy atom. The van der Waals surface area contributed by atoms with E-state index in [4.69, 9.17) is 15.2 Å². The van der Waals surface area contributed by atoms with Gasteiger partial charge in [-0.3, -0.25) is 4.39 Å². The van der Waals surface area contributed by atoms with Gasteiger partial charge in [0, 0.05) is 12.1 Å². The Kier molecular flexibility index (Phi) is 5.11. The minimum Gasteiger partial charge on any atom is -0.482 e. The number of esters is 1. The van der Waals surface area contributed by atoms with Gasteiger partial charge < -0.3 is 15.2 Å². The molecule has 0 aliphatic carbocycles. The van der Waals surface area contributed by atoms with E-state index in [1.54, 1.807) is 24.3 Å². The zero-order valence-electron chi connectivity index (χ0n) is 8.82. The molecule has 88 valence electrons. The maximum Gasteiger partial charge on any atom is 0.344 e. The highest BCUT2D eigenvalue weighted by molar-refractivity contribution is 5.71. The maximum atomic E-state index is 11.7. The molecule has 4 nitrogen and oxygen atoms in total. The van der Waals surface area contributed by atoms with Gasteiger partial charge in [0.05, 0.1) is 13.3 Å². The van der Waals surface area contributed by atoms with Crippen molar-refractivity contribution < 1.29 is 18.7 Å². The van der Waals surface area contributed by atoms with E-state index in [-0.39, 0.29) is 19.6 Å². The molecule has 0 atom stereocenters. The van der Waals surface area contributed by atoms with Crippen LogP contribution in [0, 0.1) is 0 Å². The predicted octanol–water partition coefficient (Wildman–Crippen LogP) is 1.55. The summed E-state index contributed by atoms with van der Waals surface area (Å²) in [5.41, 5.74) is 6.10. The molecule has 1 aromatic carbocycles. The number of carbonyl (C=O) groups is 1. The van der Waals surface area contributed by atoms with Crippen LogP contribution in [0.5, 0.6) is 5.75 Å². The number of nitrogen functional groups attached to an aromatic ring is 1. The van der Waals surface area contributed by atoms with Crippen LogP contribution in [0.25, 0.3) is 0 Å². The largest absolute Gasteiger partial charge is 0.482 e. The summed E-state index contributed by atoms with van der Waals surface area (Å²) in [5.74, 6) is 0.0296. The number of ether oxygens (including phenoxy) is 2. The van der Waals surface area contributed by atoms with E-state index in [0.29, 0.717) is 11.4 Å². The molecule has 0 heterocycles. The summed E-state index contributed by atoms with van der Waals surface area (Å²) >= 11 is 0. The Morgan fingerprint density at radius 3 is 2.62 bits per heavy atom. The molecule has 0 spiro atoms. The van der Waals surface area contributed by atoms with Gasteiger partial charge in [0.25, 0.3) is 0 Å². The molecule has 0 saturated heterocycles. The second-order valence-electron chi connectivity index (χ2n) is 3.12. The van der Waals surface area contributed by atoms with Crippen LogP contribution in [0.15, 0.2) is 24.3 Å². The summed E-state index contributed by atoms with van der Waals surface area (Å²) in [4.78, 5) is 11.1. The SMILES string of the molecule is Nc1ccc(OCC(=O)OCCCF)cc1. The molecule has 0 aliphatic rings. The van der Waals surface area contributed by atoms with E-state index in [9.17, 15) is 9.18 Å². The van der Waals surface area contributed by atoms with Crippen molar-refractivity contribution in [2.24, 2.45) is 0 Å². The molecular weight excluding hydrogens is 213 g/mol. The van der Waals surface area contributed by atoms with Crippen LogP contribution in [-0.2, 0) is 9.53 Å². The van der Waals surface area contributed by atoms with Crippen molar-refractivity contribution in [2.45, 2.75) is 6.42 Å². The Labute approximate surface area is 93.2 Å². The van der Waals surface area contributed by atoms with Gasteiger partial charge in [0.15, 0.2) is 6.61 Å². The summed E-state index contributed by atoms with van der Waals surface area (Å²) in [6.45, 7) is -0.595. The van der Waals surface area contributed by atoms with Crippen molar-refractivity contribution in [3.8, 4) is 5.75 Å². The molecule has 0 bridgehead atoms. The van der Waals surface area contributed by atoms with E-state index in [1.807, 2.05) is 0 Å². The van der Waals surface area contributed by atoms with Crippen molar-refractivity contribution in [1.82, 2.24) is 0 Å². The first-order valence-electron chi connectivity index (χ1n) is 4.92. The highest BCUT2D eigenvalue weighted by atomic mass is 19.1. The van der Waals surface area contributed by atoms with Gasteiger partial charge >= 0.3 is 5.97 Å². The summed E-state index contributed by atoms with van der Waals surface area (Å²) in [5, 5.41) is 0. The molecule has 0 radical (unpaired) electrons. The first-order chi connectivity index (χ1) is 7.72. The fourth-order valence-corrected chi connectivity index (χ4v) is 0.989. The zero-order valence-corrected chi connectivity index (χ0v) is 8.82. The number of hydrogen-bond acceptors (Lipinski definition) is 4. The molecule has 0 amide bonds. The number of anilines is 1. The summed E-state index contributed by atoms with van der Waals surface area (Å²) in [6, 6.07) is 6.65. The van der Waals surface area contributed by atoms with Gasteiger partial charge in [0.1, 0.15) is 5.75 Å². The van der Waals surface area contributed by atoms with E-state index in [0.717, 1.165) is 0 Å². The first-order valence-corrected chi connectivity index (χ1v) is 4.92. The van der Waals surface area contributed by atoms with E-state index >= 15 is 0 Å². The van der Waals surface area contributed by atoms with Gasteiger partial charge in [-0.25, -0.2) is 4.79 Å². The van der Waals surface area contributed by atoms with Crippen LogP contribution >= 0.6 is 0 Å². The molecule has 0 aliphatic heterocycles. The van der Waals surface area contributed by atoms with Crippen LogP contribution < -0.4 is 10.5 Å². The second kappa shape index (κ2) is 6.66. The van der Waals surface area contributed by atoms with Crippen LogP contribution in [0.3, 0.4) is 0 Å². The Morgan fingerprint density at radius 2 is 2.00 bits per heavy atom.